The first-order chi connectivity index (χ1) is 15.0. The van der Waals surface area contributed by atoms with Gasteiger partial charge in [-0.25, -0.2) is 14.4 Å². The van der Waals surface area contributed by atoms with E-state index in [1.54, 1.807) is 31.2 Å². The van der Waals surface area contributed by atoms with E-state index in [4.69, 9.17) is 14.2 Å². The van der Waals surface area contributed by atoms with Gasteiger partial charge in [-0.3, -0.25) is 0 Å². The van der Waals surface area contributed by atoms with Gasteiger partial charge < -0.3 is 19.1 Å². The lowest BCUT2D eigenvalue weighted by molar-refractivity contribution is -0.142. The van der Waals surface area contributed by atoms with E-state index in [1.165, 1.54) is 18.9 Å². The van der Waals surface area contributed by atoms with Crippen molar-refractivity contribution < 1.29 is 28.6 Å². The third kappa shape index (κ3) is 4.38. The number of carbonyl (C=O) groups is 3. The minimum Gasteiger partial charge on any atom is -0.464 e. The summed E-state index contributed by atoms with van der Waals surface area (Å²) in [6.45, 7) is 3.68. The molecule has 0 spiro atoms. The zero-order valence-electron chi connectivity index (χ0n) is 17.7. The summed E-state index contributed by atoms with van der Waals surface area (Å²) in [5.74, 6) is -1.84. The van der Waals surface area contributed by atoms with E-state index in [2.05, 4.69) is 0 Å². The van der Waals surface area contributed by atoms with E-state index in [0.29, 0.717) is 4.24 Å². The Morgan fingerprint density at radius 1 is 1.06 bits per heavy atom. The number of thioether (sulfide) groups is 2. The summed E-state index contributed by atoms with van der Waals surface area (Å²) >= 11 is 2.31. The van der Waals surface area contributed by atoms with Crippen molar-refractivity contribution in [2.75, 3.05) is 26.6 Å². The molecule has 31 heavy (non-hydrogen) atoms. The van der Waals surface area contributed by atoms with Crippen molar-refractivity contribution in [3.05, 3.63) is 62.0 Å². The third-order valence-electron chi connectivity index (χ3n) is 4.67. The maximum atomic E-state index is 13.2. The van der Waals surface area contributed by atoms with Gasteiger partial charge in [0.2, 0.25) is 0 Å². The Labute approximate surface area is 189 Å². The number of esters is 3. The number of rotatable bonds is 6. The third-order valence-corrected chi connectivity index (χ3v) is 6.95. The molecule has 0 saturated carbocycles. The van der Waals surface area contributed by atoms with E-state index in [0.717, 1.165) is 22.9 Å². The van der Waals surface area contributed by atoms with E-state index >= 15 is 0 Å². The maximum Gasteiger partial charge on any atom is 0.356 e. The van der Waals surface area contributed by atoms with Gasteiger partial charge >= 0.3 is 17.9 Å². The molecule has 1 unspecified atom stereocenters. The molecular weight excluding hydrogens is 438 g/mol. The molecule has 0 aromatic heterocycles. The second kappa shape index (κ2) is 10.1. The van der Waals surface area contributed by atoms with Gasteiger partial charge in [0.25, 0.3) is 0 Å². The predicted octanol–water partition coefficient (Wildman–Crippen LogP) is 3.85. The Bertz CT molecular complexity index is 997. The van der Waals surface area contributed by atoms with E-state index in [1.807, 2.05) is 30.3 Å². The molecule has 1 aromatic rings. The molecule has 0 N–H and O–H groups in total. The molecule has 2 heterocycles. The fraction of sp³-hybridized carbons (Fsp3) is 0.318. The highest BCUT2D eigenvalue weighted by atomic mass is 32.2. The van der Waals surface area contributed by atoms with Crippen LogP contribution in [0.15, 0.2) is 50.9 Å². The first-order valence-corrected chi connectivity index (χ1v) is 11.7. The van der Waals surface area contributed by atoms with Gasteiger partial charge in [0.05, 0.1) is 36.2 Å². The summed E-state index contributed by atoms with van der Waals surface area (Å²) in [6.07, 6.45) is 5.37. The van der Waals surface area contributed by atoms with E-state index < -0.39 is 23.9 Å². The normalized spacial score (nSPS) is 17.5. The molecule has 0 aliphatic carbocycles. The largest absolute Gasteiger partial charge is 0.464 e. The first kappa shape index (κ1) is 23.0. The van der Waals surface area contributed by atoms with Crippen molar-refractivity contribution in [3.8, 4) is 0 Å². The van der Waals surface area contributed by atoms with Crippen LogP contribution in [0.3, 0.4) is 0 Å². The SMILES string of the molecule is CCOC(=O)C1=C(C(=O)OCC)C2c3ccccc3C=CN2C(C(=O)OC)=C(SC)S1. The molecule has 9 heteroatoms. The molecule has 0 fully saturated rings. The molecule has 7 nitrogen and oxygen atoms in total. The van der Waals surface area contributed by atoms with Gasteiger partial charge in [0.15, 0.2) is 0 Å². The summed E-state index contributed by atoms with van der Waals surface area (Å²) in [5.41, 5.74) is 2.01. The molecule has 1 atom stereocenters. The molecule has 1 aromatic carbocycles. The molecule has 3 rings (SSSR count). The number of methoxy groups -OCH3 is 1. The number of hydrogen-bond donors (Lipinski definition) is 0. The predicted molar refractivity (Wildman–Crippen MR) is 120 cm³/mol. The monoisotopic (exact) mass is 461 g/mol. The van der Waals surface area contributed by atoms with Gasteiger partial charge in [-0.15, -0.1) is 11.8 Å². The number of ether oxygens (including phenoxy) is 3. The fourth-order valence-electron chi connectivity index (χ4n) is 3.42. The van der Waals surface area contributed by atoms with Gasteiger partial charge in [0, 0.05) is 6.20 Å². The van der Waals surface area contributed by atoms with Gasteiger partial charge in [-0.2, -0.15) is 0 Å². The van der Waals surface area contributed by atoms with Crippen LogP contribution in [0.4, 0.5) is 0 Å². The lowest BCUT2D eigenvalue weighted by Gasteiger charge is -2.35. The van der Waals surface area contributed by atoms with Crippen LogP contribution < -0.4 is 0 Å². The quantitative estimate of drug-likeness (QED) is 0.463. The maximum absolute atomic E-state index is 13.2. The summed E-state index contributed by atoms with van der Waals surface area (Å²) in [6, 6.07) is 6.74. The average molecular weight is 462 g/mol. The topological polar surface area (TPSA) is 82.1 Å². The highest BCUT2D eigenvalue weighted by Crippen LogP contribution is 2.50. The number of hydrogen-bond acceptors (Lipinski definition) is 9. The van der Waals surface area contributed by atoms with Crippen molar-refractivity contribution in [2.45, 2.75) is 19.9 Å². The first-order valence-electron chi connectivity index (χ1n) is 9.66. The van der Waals surface area contributed by atoms with Crippen molar-refractivity contribution in [3.63, 3.8) is 0 Å². The van der Waals surface area contributed by atoms with Crippen LogP contribution in [0.5, 0.6) is 0 Å². The number of fused-ring (bicyclic) bond motifs is 3. The van der Waals surface area contributed by atoms with Crippen molar-refractivity contribution >= 4 is 47.5 Å². The Morgan fingerprint density at radius 3 is 2.39 bits per heavy atom. The summed E-state index contributed by atoms with van der Waals surface area (Å²) in [5, 5.41) is 0. The fourth-order valence-corrected chi connectivity index (χ4v) is 5.30. The molecule has 164 valence electrons. The molecule has 0 bridgehead atoms. The van der Waals surface area contributed by atoms with Crippen LogP contribution in [-0.4, -0.2) is 49.4 Å². The Hall–Kier alpha value is -2.65. The molecule has 2 aliphatic rings. The van der Waals surface area contributed by atoms with Crippen LogP contribution >= 0.6 is 23.5 Å². The molecule has 0 radical (unpaired) electrons. The van der Waals surface area contributed by atoms with Gasteiger partial charge in [0.1, 0.15) is 10.6 Å². The number of benzene rings is 1. The second-order valence-electron chi connectivity index (χ2n) is 6.37. The van der Waals surface area contributed by atoms with Crippen LogP contribution in [0, 0.1) is 0 Å². The Morgan fingerprint density at radius 2 is 1.74 bits per heavy atom. The van der Waals surface area contributed by atoms with Crippen molar-refractivity contribution in [1.29, 1.82) is 0 Å². The van der Waals surface area contributed by atoms with Crippen LogP contribution in [0.25, 0.3) is 6.08 Å². The zero-order chi connectivity index (χ0) is 22.5. The van der Waals surface area contributed by atoms with E-state index in [9.17, 15) is 14.4 Å². The Kier molecular flexibility index (Phi) is 7.50. The average Bonchev–Trinajstić information content (AvgIpc) is 2.93. The van der Waals surface area contributed by atoms with Crippen LogP contribution in [0.2, 0.25) is 0 Å². The Balaban J connectivity index is 2.36. The molecule has 0 amide bonds. The van der Waals surface area contributed by atoms with Crippen LogP contribution in [-0.2, 0) is 28.6 Å². The van der Waals surface area contributed by atoms with Gasteiger partial charge in [-0.05, 0) is 37.3 Å². The number of nitrogens with zero attached hydrogens (tertiary/aromatic N) is 1. The molecule has 2 aliphatic heterocycles. The lowest BCUT2D eigenvalue weighted by Crippen LogP contribution is -2.34. The number of carbonyl (C=O) groups excluding carboxylic acids is 3. The molecular formula is C22H23NO6S2. The second-order valence-corrected chi connectivity index (χ2v) is 8.47. The van der Waals surface area contributed by atoms with Gasteiger partial charge in [-0.1, -0.05) is 36.0 Å². The zero-order valence-corrected chi connectivity index (χ0v) is 19.3. The molecule has 0 saturated heterocycles. The van der Waals surface area contributed by atoms with Crippen molar-refractivity contribution in [2.24, 2.45) is 0 Å². The smallest absolute Gasteiger partial charge is 0.356 e. The highest BCUT2D eigenvalue weighted by molar-refractivity contribution is 8.24. The summed E-state index contributed by atoms with van der Waals surface area (Å²) in [7, 11) is 1.30. The lowest BCUT2D eigenvalue weighted by atomic mass is 9.89. The minimum atomic E-state index is -0.758. The minimum absolute atomic E-state index is 0.101. The highest BCUT2D eigenvalue weighted by Gasteiger charge is 2.43. The van der Waals surface area contributed by atoms with Crippen LogP contribution in [0.1, 0.15) is 31.0 Å². The summed E-state index contributed by atoms with van der Waals surface area (Å²) in [4.78, 5) is 40.8. The standard InChI is InChI=1S/C22H23NO6S2/c1-5-28-19(24)15-16-14-10-8-7-9-13(14)11-12-23(16)17(20(25)27-3)22(30-4)31-18(15)21(26)29-6-2/h7-12,16H,5-6H2,1-4H3. The van der Waals surface area contributed by atoms with E-state index in [-0.39, 0.29) is 29.4 Å². The summed E-state index contributed by atoms with van der Waals surface area (Å²) < 4.78 is 16.2. The van der Waals surface area contributed by atoms with Crippen molar-refractivity contribution in [1.82, 2.24) is 4.90 Å².